The third kappa shape index (κ3) is 20.5. The molecule has 7 aliphatic heterocycles. The lowest BCUT2D eigenvalue weighted by molar-refractivity contribution is -0.138. The van der Waals surface area contributed by atoms with Gasteiger partial charge in [0.1, 0.15) is 11.6 Å². The maximum absolute atomic E-state index is 13.8. The van der Waals surface area contributed by atoms with Crippen LogP contribution in [0.5, 0.6) is 0 Å². The van der Waals surface area contributed by atoms with Gasteiger partial charge in [0.2, 0.25) is 22.4 Å². The molecule has 15 N–H and O–H groups in total. The molecule has 5 atom stereocenters. The SMILES string of the molecule is CN1CC[C@@](O)(C#Cc2cccc(-n3nc(C(N)=O)c4c3CCOC4)c2)C1=O.CN1CC[C@@](O)(C#Cc2cccc(-n3nc(C(N)=O)c4c3COCC4)c2)C1=O.CN1CC[C@@](O)(C#Cc2cccc(-n3nc(C(N)=O)c4c3CS(=O)(=O)CC4)c2)C1=O.CN1CC[C@@](O)(C#Cc2ccnc(-n3nc(C(N)=O)c4ccc(F)cc43)c2)C1=O.NC(=O)c1nn(-c2cc(C#C[C@]3(O)CCc4cccnc43)ccn2)c2cc(F)ccc12. The van der Waals surface area contributed by atoms with Crippen molar-refractivity contribution in [2.24, 2.45) is 28.7 Å². The molecule has 1 aliphatic carbocycles. The smallest absolute Gasteiger partial charge is 0.269 e. The number of hydrogen-bond donors (Lipinski definition) is 10. The Labute approximate surface area is 831 Å². The van der Waals surface area contributed by atoms with Gasteiger partial charge in [0.25, 0.3) is 53.2 Å². The zero-order chi connectivity index (χ0) is 104. The summed E-state index contributed by atoms with van der Waals surface area (Å²) >= 11 is 0. The highest BCUT2D eigenvalue weighted by Crippen LogP contribution is 2.37. The molecule has 43 heteroatoms. The third-order valence-corrected chi connectivity index (χ3v) is 27.1. The number of nitrogens with two attached hydrogens (primary N) is 5. The van der Waals surface area contributed by atoms with Crippen molar-refractivity contribution in [1.82, 2.24) is 83.5 Å². The van der Waals surface area contributed by atoms with Gasteiger partial charge in [-0.15, -0.1) is 0 Å². The molecule has 0 spiro atoms. The second kappa shape index (κ2) is 40.2. The van der Waals surface area contributed by atoms with E-state index >= 15 is 0 Å². The van der Waals surface area contributed by atoms with E-state index in [0.29, 0.717) is 168 Å². The summed E-state index contributed by atoms with van der Waals surface area (Å²) in [6.45, 7) is 3.49. The van der Waals surface area contributed by atoms with Gasteiger partial charge in [-0.05, 0) is 134 Å². The number of nitrogens with zero attached hydrogens (tertiary/aromatic N) is 17. The minimum atomic E-state index is -3.31. The number of halogens is 2. The summed E-state index contributed by atoms with van der Waals surface area (Å²) in [4.78, 5) is 126. The molecular weight excluding hydrogens is 1900 g/mol. The third-order valence-electron chi connectivity index (χ3n) is 25.5. The van der Waals surface area contributed by atoms with Crippen molar-refractivity contribution < 1.29 is 95.4 Å². The number of primary amides is 5. The number of carbonyl (C=O) groups is 9. The molecule has 9 amide bonds. The van der Waals surface area contributed by atoms with Crippen LogP contribution in [0.4, 0.5) is 8.78 Å². The molecule has 8 aliphatic rings. The first-order valence-corrected chi connectivity index (χ1v) is 47.4. The van der Waals surface area contributed by atoms with Crippen molar-refractivity contribution in [2.45, 2.75) is 105 Å². The Bertz CT molecular complexity index is 7950. The van der Waals surface area contributed by atoms with Crippen LogP contribution in [-0.2, 0) is 88.7 Å². The summed E-state index contributed by atoms with van der Waals surface area (Å²) in [6.07, 6.45) is 8.18. The van der Waals surface area contributed by atoms with Crippen molar-refractivity contribution in [2.75, 3.05) is 73.3 Å². The zero-order valence-electron chi connectivity index (χ0n) is 78.7. The molecule has 8 aromatic heterocycles. The topological polar surface area (TPSA) is 578 Å². The summed E-state index contributed by atoms with van der Waals surface area (Å²) in [5.41, 5.74) is 30.8. The van der Waals surface area contributed by atoms with Crippen molar-refractivity contribution in [1.29, 1.82) is 0 Å². The molecule has 0 bridgehead atoms. The number of fused-ring (bicyclic) bond motifs is 6. The van der Waals surface area contributed by atoms with Crippen molar-refractivity contribution >= 4 is 84.8 Å². The maximum Gasteiger partial charge on any atom is 0.269 e. The summed E-state index contributed by atoms with van der Waals surface area (Å²) < 4.78 is 70.2. The lowest BCUT2D eigenvalue weighted by Gasteiger charge is -2.15. The zero-order valence-corrected chi connectivity index (χ0v) is 79.5. The van der Waals surface area contributed by atoms with E-state index in [1.165, 1.54) is 82.4 Å². The van der Waals surface area contributed by atoms with Crippen LogP contribution in [0.3, 0.4) is 0 Å². The molecule has 0 unspecified atom stereocenters. The quantitative estimate of drug-likeness (QED) is 0.0877. The molecular formula is C103H92F2N22O18S. The second-order valence-electron chi connectivity index (χ2n) is 35.6. The van der Waals surface area contributed by atoms with E-state index in [0.717, 1.165) is 28.2 Å². The molecule has 21 rings (SSSR count). The monoisotopic (exact) mass is 1990 g/mol. The maximum atomic E-state index is 13.8. The molecule has 0 saturated carbocycles. The van der Waals surface area contributed by atoms with Gasteiger partial charge in [-0.2, -0.15) is 25.5 Å². The van der Waals surface area contributed by atoms with Gasteiger partial charge in [-0.25, -0.2) is 50.6 Å². The predicted octanol–water partition coefficient (Wildman–Crippen LogP) is 2.21. The highest BCUT2D eigenvalue weighted by Gasteiger charge is 2.47. The molecule has 4 fully saturated rings. The van der Waals surface area contributed by atoms with Crippen LogP contribution >= 0.6 is 0 Å². The van der Waals surface area contributed by atoms with Crippen LogP contribution in [0.15, 0.2) is 164 Å². The highest BCUT2D eigenvalue weighted by molar-refractivity contribution is 7.90. The number of likely N-dealkylation sites (tertiary alicyclic amines) is 4. The highest BCUT2D eigenvalue weighted by atomic mass is 32.2. The van der Waals surface area contributed by atoms with Gasteiger partial charge in [0, 0.05) is 179 Å². The molecule has 40 nitrogen and oxygen atoms in total. The summed E-state index contributed by atoms with van der Waals surface area (Å²) in [5, 5.41) is 75.0. The Balaban J connectivity index is 0.000000125. The molecule has 15 heterocycles. The molecule has 5 aromatic carbocycles. The van der Waals surface area contributed by atoms with Gasteiger partial charge in [-0.3, -0.25) is 48.1 Å². The molecule has 742 valence electrons. The number of hydrogen-bond acceptors (Lipinski definition) is 26. The fourth-order valence-electron chi connectivity index (χ4n) is 17.7. The van der Waals surface area contributed by atoms with Crippen molar-refractivity contribution in [3.63, 3.8) is 0 Å². The molecule has 0 radical (unpaired) electrons. The molecule has 146 heavy (non-hydrogen) atoms. The first-order chi connectivity index (χ1) is 69.6. The number of aromatic nitrogens is 13. The lowest BCUT2D eigenvalue weighted by atomic mass is 10.0. The minimum Gasteiger partial charge on any atom is -0.376 e. The average Bonchev–Trinajstić information content (AvgIpc) is 1.61. The molecule has 4 saturated heterocycles. The fraction of sp³-hybridized carbons (Fsp3) is 0.272. The van der Waals surface area contributed by atoms with Crippen LogP contribution in [0.1, 0.15) is 157 Å². The number of aryl methyl sites for hydroxylation is 1. The Hall–Kier alpha value is -17.3. The van der Waals surface area contributed by atoms with Gasteiger partial charge < -0.3 is 83.3 Å². The molecule has 13 aromatic rings. The van der Waals surface area contributed by atoms with Crippen LogP contribution < -0.4 is 28.7 Å². The standard InChI is InChI=1S/C23H16FN5O2.C20H16FN5O3.C20H20N4O5S.2C20H20N4O4/c24-16-3-4-17-18(13-16)29(28-20(17)22(25)30)19-12-14(7-11-26-19)5-8-23(31)9-6-15-2-1-10-27-21(15)23;1-25-9-7-20(29,19(25)28)6-4-12-5-8-23-16(10-12)26-15-11-13(21)2-3-14(15)17(24-26)18(22)27;1-23-9-8-20(27,19(23)26)7-5-13-3-2-4-14(11-13)24-16-12-30(28,29)10-6-15(16)17(22-24)18(21)25;1-23-9-8-20(27,19(23)26)7-5-13-3-2-4-14(11-13)24-16-6-10-28-12-15(16)17(22-24)18(21)25;1-23-9-8-20(27,19(23)26)7-5-13-3-2-4-14(11-13)24-16-12-28-10-6-15(16)17(22-24)18(21)25/h1-4,7,10-13,31H,6,9H2,(H2,25,30);2-3,5,8,10-11,29H,7,9H2,1H3,(H2,22,27);2-4,11,27H,6,8-10,12H2,1H3,(H2,21,25);2*2-4,11,27H,6,8-10,12H2,1H3,(H2,21,25)/t23-;4*20-/m00000/s1. The van der Waals surface area contributed by atoms with Gasteiger partial charge in [0.05, 0.1) is 88.8 Å². The first-order valence-electron chi connectivity index (χ1n) is 45.6. The van der Waals surface area contributed by atoms with Crippen LogP contribution in [0.2, 0.25) is 0 Å². The summed E-state index contributed by atoms with van der Waals surface area (Å²) in [7, 11) is 3.18. The van der Waals surface area contributed by atoms with Crippen molar-refractivity contribution in [3.8, 4) is 87.9 Å². The number of sulfone groups is 1. The van der Waals surface area contributed by atoms with Crippen LogP contribution in [0, 0.1) is 70.8 Å². The normalized spacial score (nSPS) is 20.1. The van der Waals surface area contributed by atoms with E-state index in [4.69, 9.17) is 38.1 Å². The number of amides is 9. The largest absolute Gasteiger partial charge is 0.376 e. The number of likely N-dealkylation sites (N-methyl/N-ethyl adjacent to an activating group) is 4. The number of aliphatic hydroxyl groups is 5. The number of pyridine rings is 3. The first kappa shape index (κ1) is 100. The fourth-order valence-corrected chi connectivity index (χ4v) is 19.1. The second-order valence-corrected chi connectivity index (χ2v) is 37.8. The van der Waals surface area contributed by atoms with Crippen molar-refractivity contribution in [3.05, 3.63) is 277 Å². The Kier molecular flexibility index (Phi) is 27.6. The van der Waals surface area contributed by atoms with E-state index in [1.54, 1.807) is 123 Å². The Morgan fingerprint density at radius 3 is 1.16 bits per heavy atom. The number of carbonyl (C=O) groups excluding carboxylic acids is 9. The number of rotatable bonds is 10. The van der Waals surface area contributed by atoms with Crippen LogP contribution in [-0.4, -0.2) is 266 Å². The van der Waals surface area contributed by atoms with E-state index in [9.17, 15) is 85.9 Å². The van der Waals surface area contributed by atoms with E-state index in [-0.39, 0.29) is 89.7 Å². The predicted molar refractivity (Wildman–Crippen MR) is 519 cm³/mol. The lowest BCUT2D eigenvalue weighted by Crippen LogP contribution is -2.37. The van der Waals surface area contributed by atoms with Crippen LogP contribution in [0.25, 0.3) is 50.5 Å². The minimum absolute atomic E-state index is 0.00723. The Morgan fingerprint density at radius 2 is 0.747 bits per heavy atom. The van der Waals surface area contributed by atoms with Gasteiger partial charge >= 0.3 is 0 Å². The number of ether oxygens (including phenoxy) is 2. The van der Waals surface area contributed by atoms with Gasteiger partial charge in [0.15, 0.2) is 55.5 Å². The van der Waals surface area contributed by atoms with E-state index in [2.05, 4.69) is 99.6 Å². The Morgan fingerprint density at radius 1 is 0.377 bits per heavy atom. The summed E-state index contributed by atoms with van der Waals surface area (Å²) in [6, 6.07) is 39.3. The summed E-state index contributed by atoms with van der Waals surface area (Å²) in [5.74, 6) is 22.3. The van der Waals surface area contributed by atoms with Gasteiger partial charge in [-0.1, -0.05) is 83.5 Å². The average molecular weight is 2000 g/mol. The van der Waals surface area contributed by atoms with E-state index in [1.807, 2.05) is 30.3 Å². The number of benzene rings is 5. The van der Waals surface area contributed by atoms with E-state index < -0.39 is 90.8 Å².